The first-order valence-electron chi connectivity index (χ1n) is 4.14. The average Bonchev–Trinajstić information content (AvgIpc) is 2.04. The van der Waals surface area contributed by atoms with Crippen LogP contribution >= 0.6 is 23.2 Å². The molecule has 0 saturated heterocycles. The van der Waals surface area contributed by atoms with Crippen molar-refractivity contribution in [3.63, 3.8) is 0 Å². The van der Waals surface area contributed by atoms with Crippen molar-refractivity contribution in [3.8, 4) is 0 Å². The van der Waals surface area contributed by atoms with E-state index in [1.54, 1.807) is 0 Å². The fourth-order valence-electron chi connectivity index (χ4n) is 0.791. The summed E-state index contributed by atoms with van der Waals surface area (Å²) in [5.74, 6) is 2.73. The van der Waals surface area contributed by atoms with Gasteiger partial charge in [-0.2, -0.15) is 0 Å². The molecule has 0 amide bonds. The van der Waals surface area contributed by atoms with E-state index in [0.717, 1.165) is 24.4 Å². The molecule has 3 heteroatoms. The van der Waals surface area contributed by atoms with Crippen molar-refractivity contribution in [1.29, 1.82) is 0 Å². The molecule has 2 atom stereocenters. The Morgan fingerprint density at radius 1 is 1.00 bits per heavy atom. The second kappa shape index (κ2) is 7.30. The van der Waals surface area contributed by atoms with Gasteiger partial charge in [-0.15, -0.1) is 23.2 Å². The maximum Gasteiger partial charge on any atom is 0.110 e. The van der Waals surface area contributed by atoms with Crippen molar-refractivity contribution in [1.82, 2.24) is 0 Å². The first-order chi connectivity index (χ1) is 5.20. The zero-order chi connectivity index (χ0) is 8.69. The molecule has 0 aliphatic rings. The van der Waals surface area contributed by atoms with Gasteiger partial charge in [0, 0.05) is 11.8 Å². The lowest BCUT2D eigenvalue weighted by molar-refractivity contribution is 0.708. The molecule has 0 aliphatic carbocycles. The predicted octanol–water partition coefficient (Wildman–Crippen LogP) is 3.28. The van der Waals surface area contributed by atoms with Crippen LogP contribution in [0.3, 0.4) is 0 Å². The van der Waals surface area contributed by atoms with Crippen molar-refractivity contribution >= 4 is 30.5 Å². The van der Waals surface area contributed by atoms with Crippen LogP contribution in [-0.2, 0) is 0 Å². The molecule has 0 aromatic carbocycles. The van der Waals surface area contributed by atoms with E-state index in [1.165, 1.54) is 0 Å². The number of hydrogen-bond donors (Lipinski definition) is 0. The van der Waals surface area contributed by atoms with Crippen molar-refractivity contribution in [2.24, 2.45) is 11.8 Å². The van der Waals surface area contributed by atoms with Crippen LogP contribution in [0.1, 0.15) is 13.8 Å². The van der Waals surface area contributed by atoms with Gasteiger partial charge in [-0.3, -0.25) is 0 Å². The molecular weight excluding hydrogens is 178 g/mol. The summed E-state index contributed by atoms with van der Waals surface area (Å²) in [6.45, 7) is 4.32. The molecule has 0 aromatic heterocycles. The van der Waals surface area contributed by atoms with Gasteiger partial charge in [0.1, 0.15) is 7.28 Å². The van der Waals surface area contributed by atoms with Gasteiger partial charge in [-0.05, 0) is 11.8 Å². The maximum atomic E-state index is 5.66. The van der Waals surface area contributed by atoms with Crippen LogP contribution in [0, 0.1) is 11.8 Å². The fourth-order valence-corrected chi connectivity index (χ4v) is 1.04. The minimum atomic E-state index is 0.610. The highest BCUT2D eigenvalue weighted by molar-refractivity contribution is 6.36. The van der Waals surface area contributed by atoms with Gasteiger partial charge in [0.05, 0.1) is 0 Å². The van der Waals surface area contributed by atoms with Crippen molar-refractivity contribution < 1.29 is 0 Å². The minimum absolute atomic E-state index is 0.610. The van der Waals surface area contributed by atoms with Gasteiger partial charge < -0.3 is 0 Å². The number of hydrogen-bond acceptors (Lipinski definition) is 0. The van der Waals surface area contributed by atoms with Crippen LogP contribution in [0.2, 0.25) is 12.6 Å². The van der Waals surface area contributed by atoms with E-state index in [9.17, 15) is 0 Å². The van der Waals surface area contributed by atoms with Crippen molar-refractivity contribution in [3.05, 3.63) is 0 Å². The molecule has 65 valence electrons. The summed E-state index contributed by atoms with van der Waals surface area (Å²) in [4.78, 5) is 0. The Balaban J connectivity index is 3.13. The maximum absolute atomic E-state index is 5.66. The largest absolute Gasteiger partial charge is 0.126 e. The first-order valence-corrected chi connectivity index (χ1v) is 5.21. The van der Waals surface area contributed by atoms with Crippen LogP contribution in [0.25, 0.3) is 0 Å². The molecule has 0 spiro atoms. The number of alkyl halides is 2. The second-order valence-corrected chi connectivity index (χ2v) is 3.90. The van der Waals surface area contributed by atoms with E-state index < -0.39 is 0 Å². The van der Waals surface area contributed by atoms with Crippen LogP contribution in [0.5, 0.6) is 0 Å². The Kier molecular flexibility index (Phi) is 7.73. The molecule has 11 heavy (non-hydrogen) atoms. The third kappa shape index (κ3) is 7.02. The summed E-state index contributed by atoms with van der Waals surface area (Å²) in [5, 5.41) is 0. The molecule has 0 saturated carbocycles. The zero-order valence-corrected chi connectivity index (χ0v) is 8.83. The highest BCUT2D eigenvalue weighted by Crippen LogP contribution is 2.10. The Morgan fingerprint density at radius 2 is 1.36 bits per heavy atom. The topological polar surface area (TPSA) is 0 Å². The molecule has 0 heterocycles. The third-order valence-corrected chi connectivity index (χ3v) is 2.72. The van der Waals surface area contributed by atoms with Crippen LogP contribution in [0.4, 0.5) is 0 Å². The van der Waals surface area contributed by atoms with Gasteiger partial charge in [-0.25, -0.2) is 0 Å². The van der Waals surface area contributed by atoms with Crippen molar-refractivity contribution in [2.75, 3.05) is 11.8 Å². The van der Waals surface area contributed by atoms with Gasteiger partial charge in [0.25, 0.3) is 0 Å². The molecule has 0 bridgehead atoms. The molecular formula is C8H16BCl2. The monoisotopic (exact) mass is 193 g/mol. The summed E-state index contributed by atoms with van der Waals surface area (Å²) in [6.07, 6.45) is 2.23. The van der Waals surface area contributed by atoms with E-state index in [1.807, 2.05) is 0 Å². The summed E-state index contributed by atoms with van der Waals surface area (Å²) in [7, 11) is 2.29. The highest BCUT2D eigenvalue weighted by atomic mass is 35.5. The standard InChI is InChI=1S/C8H16BCl2/c1-7(5-10)3-9-4-8(2)6-11/h7-8H,3-6H2,1-2H3. The van der Waals surface area contributed by atoms with Gasteiger partial charge in [0.15, 0.2) is 0 Å². The van der Waals surface area contributed by atoms with Gasteiger partial charge in [0.2, 0.25) is 0 Å². The lowest BCUT2D eigenvalue weighted by atomic mass is 9.64. The SMILES string of the molecule is CC(CCl)C[B]CC(C)CCl. The molecule has 0 N–H and O–H groups in total. The minimum Gasteiger partial charge on any atom is -0.126 e. The quantitative estimate of drug-likeness (QED) is 0.449. The van der Waals surface area contributed by atoms with Crippen molar-refractivity contribution in [2.45, 2.75) is 26.5 Å². The molecule has 2 unspecified atom stereocenters. The summed E-state index contributed by atoms with van der Waals surface area (Å²) >= 11 is 11.3. The first kappa shape index (κ1) is 11.6. The molecule has 0 aromatic rings. The number of halogens is 2. The van der Waals surface area contributed by atoms with E-state index in [-0.39, 0.29) is 0 Å². The van der Waals surface area contributed by atoms with Crippen LogP contribution < -0.4 is 0 Å². The average molecular weight is 194 g/mol. The van der Waals surface area contributed by atoms with Crippen LogP contribution in [0.15, 0.2) is 0 Å². The smallest absolute Gasteiger partial charge is 0.110 e. The Labute approximate surface area is 80.9 Å². The number of rotatable bonds is 6. The highest BCUT2D eigenvalue weighted by Gasteiger charge is 2.04. The molecule has 0 fully saturated rings. The Morgan fingerprint density at radius 3 is 1.64 bits per heavy atom. The second-order valence-electron chi connectivity index (χ2n) is 3.28. The van der Waals surface area contributed by atoms with E-state index in [2.05, 4.69) is 21.1 Å². The van der Waals surface area contributed by atoms with Gasteiger partial charge in [-0.1, -0.05) is 26.5 Å². The summed E-state index contributed by atoms with van der Waals surface area (Å²) in [6, 6.07) is 0. The predicted molar refractivity (Wildman–Crippen MR) is 55.1 cm³/mol. The lowest BCUT2D eigenvalue weighted by Gasteiger charge is -2.08. The molecule has 1 radical (unpaired) electrons. The zero-order valence-electron chi connectivity index (χ0n) is 7.32. The summed E-state index contributed by atoms with van der Waals surface area (Å²) < 4.78 is 0. The third-order valence-electron chi connectivity index (χ3n) is 1.66. The normalized spacial score (nSPS) is 16.0. The Hall–Kier alpha value is 0.645. The van der Waals surface area contributed by atoms with Gasteiger partial charge >= 0.3 is 0 Å². The molecule has 0 nitrogen and oxygen atoms in total. The van der Waals surface area contributed by atoms with E-state index in [0.29, 0.717) is 11.8 Å². The van der Waals surface area contributed by atoms with E-state index in [4.69, 9.17) is 23.2 Å². The fraction of sp³-hybridized carbons (Fsp3) is 1.00. The lowest BCUT2D eigenvalue weighted by Crippen LogP contribution is -2.05. The van der Waals surface area contributed by atoms with E-state index >= 15 is 0 Å². The molecule has 0 aliphatic heterocycles. The van der Waals surface area contributed by atoms with Crippen LogP contribution in [-0.4, -0.2) is 19.0 Å². The molecule has 0 rings (SSSR count). The summed E-state index contributed by atoms with van der Waals surface area (Å²) in [5.41, 5.74) is 0. The Bertz CT molecular complexity index is 78.2.